The van der Waals surface area contributed by atoms with Gasteiger partial charge in [-0.1, -0.05) is 30.3 Å². The Bertz CT molecular complexity index is 601. The first-order valence-corrected chi connectivity index (χ1v) is 9.07. The van der Waals surface area contributed by atoms with Crippen LogP contribution in [0, 0.1) is 17.8 Å². The van der Waals surface area contributed by atoms with Crippen LogP contribution in [0.2, 0.25) is 0 Å². The zero-order valence-corrected chi connectivity index (χ0v) is 16.0. The van der Waals surface area contributed by atoms with Gasteiger partial charge in [0.1, 0.15) is 12.2 Å². The van der Waals surface area contributed by atoms with Crippen molar-refractivity contribution in [2.45, 2.75) is 45.3 Å². The molecule has 0 radical (unpaired) electrons. The van der Waals surface area contributed by atoms with E-state index in [9.17, 15) is 9.59 Å². The predicted octanol–water partition coefficient (Wildman–Crippen LogP) is -0.231. The molecule has 0 bridgehead atoms. The zero-order chi connectivity index (χ0) is 17.8. The number of halogens is 1. The molecule has 0 amide bonds. The van der Waals surface area contributed by atoms with Crippen LogP contribution in [0.1, 0.15) is 32.3 Å². The van der Waals surface area contributed by atoms with Crippen LogP contribution in [0.3, 0.4) is 0 Å². The van der Waals surface area contributed by atoms with Gasteiger partial charge in [0.25, 0.3) is 0 Å². The van der Waals surface area contributed by atoms with Gasteiger partial charge in [-0.3, -0.25) is 9.59 Å². The molecule has 1 aliphatic heterocycles. The highest BCUT2D eigenvalue weighted by Gasteiger charge is 2.39. The Morgan fingerprint density at radius 3 is 2.50 bits per heavy atom. The third-order valence-electron chi connectivity index (χ3n) is 4.84. The van der Waals surface area contributed by atoms with E-state index in [1.807, 2.05) is 30.3 Å². The molecule has 1 aliphatic carbocycles. The van der Waals surface area contributed by atoms with Crippen LogP contribution in [0.4, 0.5) is 0 Å². The molecule has 1 aromatic rings. The summed E-state index contributed by atoms with van der Waals surface area (Å²) < 4.78 is 17.1. The van der Waals surface area contributed by atoms with Crippen molar-refractivity contribution in [2.24, 2.45) is 17.8 Å². The first kappa shape index (κ1) is 20.7. The number of carbonyl (C=O) groups is 2. The van der Waals surface area contributed by atoms with Crippen molar-refractivity contribution in [3.63, 3.8) is 0 Å². The highest BCUT2D eigenvalue weighted by atomic mass is 35.5. The fourth-order valence-corrected chi connectivity index (χ4v) is 3.14. The van der Waals surface area contributed by atoms with Crippen molar-refractivity contribution in [1.82, 2.24) is 0 Å². The molecule has 0 spiro atoms. The summed E-state index contributed by atoms with van der Waals surface area (Å²) >= 11 is 0. The average molecular weight is 382 g/mol. The molecule has 0 N–H and O–H groups in total. The van der Waals surface area contributed by atoms with E-state index in [1.165, 1.54) is 0 Å². The van der Waals surface area contributed by atoms with Crippen LogP contribution in [-0.2, 0) is 30.2 Å². The van der Waals surface area contributed by atoms with Gasteiger partial charge in [-0.05, 0) is 38.7 Å². The molecular weight excluding hydrogens is 356 g/mol. The van der Waals surface area contributed by atoms with Crippen LogP contribution < -0.4 is 12.4 Å². The van der Waals surface area contributed by atoms with Crippen LogP contribution in [0.5, 0.6) is 0 Å². The molecule has 1 aromatic carbocycles. The Hall–Kier alpha value is -1.59. The highest BCUT2D eigenvalue weighted by Crippen LogP contribution is 2.32. The maximum atomic E-state index is 12.2. The van der Waals surface area contributed by atoms with Gasteiger partial charge >= 0.3 is 11.9 Å². The summed E-state index contributed by atoms with van der Waals surface area (Å²) in [5.41, 5.74) is 1.15. The van der Waals surface area contributed by atoms with Crippen LogP contribution in [-0.4, -0.2) is 37.4 Å². The summed E-state index contributed by atoms with van der Waals surface area (Å²) in [6, 6.07) is 10.0. The molecule has 0 aromatic heterocycles. The van der Waals surface area contributed by atoms with E-state index >= 15 is 0 Å². The van der Waals surface area contributed by atoms with Crippen molar-refractivity contribution in [3.8, 4) is 0 Å². The summed E-state index contributed by atoms with van der Waals surface area (Å²) in [5.74, 6) is -0.859. The molecule has 5 nitrogen and oxygen atoms in total. The molecule has 6 heteroatoms. The fourth-order valence-electron chi connectivity index (χ4n) is 3.14. The molecule has 144 valence electrons. The van der Waals surface area contributed by atoms with Crippen LogP contribution in [0.25, 0.3) is 0 Å². The number of esters is 2. The van der Waals surface area contributed by atoms with Crippen molar-refractivity contribution in [1.29, 1.82) is 0 Å². The molecular formula is C20H26ClO5-. The predicted molar refractivity (Wildman–Crippen MR) is 91.8 cm³/mol. The van der Waals surface area contributed by atoms with Gasteiger partial charge in [-0.2, -0.15) is 0 Å². The molecule has 26 heavy (non-hydrogen) atoms. The van der Waals surface area contributed by atoms with E-state index < -0.39 is 12.2 Å². The summed E-state index contributed by atoms with van der Waals surface area (Å²) in [7, 11) is 0. The Balaban J connectivity index is 0.00000243. The van der Waals surface area contributed by atoms with E-state index in [1.54, 1.807) is 13.8 Å². The summed E-state index contributed by atoms with van der Waals surface area (Å²) in [5, 5.41) is 0. The topological polar surface area (TPSA) is 61.8 Å². The second-order valence-electron chi connectivity index (χ2n) is 7.21. The molecule has 1 heterocycles. The molecule has 2 fully saturated rings. The van der Waals surface area contributed by atoms with Gasteiger partial charge in [0.05, 0.1) is 25.0 Å². The first-order chi connectivity index (χ1) is 12.0. The molecule has 2 aliphatic rings. The second kappa shape index (κ2) is 9.38. The lowest BCUT2D eigenvalue weighted by atomic mass is 9.91. The molecule has 1 saturated carbocycles. The lowest BCUT2D eigenvalue weighted by molar-refractivity contribution is -0.173. The summed E-state index contributed by atoms with van der Waals surface area (Å²) in [6.07, 6.45) is 1.49. The minimum atomic E-state index is -0.498. The Morgan fingerprint density at radius 2 is 1.85 bits per heavy atom. The molecule has 3 rings (SSSR count). The number of cyclic esters (lactones) is 1. The van der Waals surface area contributed by atoms with Crippen molar-refractivity contribution in [3.05, 3.63) is 35.9 Å². The molecule has 0 unspecified atom stereocenters. The maximum Gasteiger partial charge on any atom is 0.311 e. The van der Waals surface area contributed by atoms with Gasteiger partial charge in [0.2, 0.25) is 0 Å². The second-order valence-corrected chi connectivity index (χ2v) is 7.21. The van der Waals surface area contributed by atoms with Gasteiger partial charge in [-0.15, -0.1) is 0 Å². The van der Waals surface area contributed by atoms with E-state index in [-0.39, 0.29) is 42.1 Å². The largest absolute Gasteiger partial charge is 1.00 e. The Labute approximate surface area is 160 Å². The third-order valence-corrected chi connectivity index (χ3v) is 4.84. The van der Waals surface area contributed by atoms with E-state index in [0.717, 1.165) is 18.4 Å². The number of ether oxygens (including phenoxy) is 3. The molecule has 1 saturated heterocycles. The summed E-state index contributed by atoms with van der Waals surface area (Å²) in [4.78, 5) is 24.4. The molecule has 4 atom stereocenters. The third kappa shape index (κ3) is 5.45. The SMILES string of the molecule is C[C@@H]1OC(=O)[C@@H](C)COC[C@H](Cc2ccccc2)[C@H]1OC(=O)C1CC1.[Cl-]. The van der Waals surface area contributed by atoms with Gasteiger partial charge in [0.15, 0.2) is 0 Å². The average Bonchev–Trinajstić information content (AvgIpc) is 3.43. The summed E-state index contributed by atoms with van der Waals surface area (Å²) in [6.45, 7) is 4.35. The Morgan fingerprint density at radius 1 is 1.15 bits per heavy atom. The minimum Gasteiger partial charge on any atom is -1.00 e. The number of hydrogen-bond donors (Lipinski definition) is 0. The lowest BCUT2D eigenvalue weighted by Crippen LogP contribution is -3.00. The van der Waals surface area contributed by atoms with Gasteiger partial charge < -0.3 is 26.6 Å². The zero-order valence-electron chi connectivity index (χ0n) is 15.2. The van der Waals surface area contributed by atoms with Crippen molar-refractivity contribution >= 4 is 11.9 Å². The van der Waals surface area contributed by atoms with E-state index in [2.05, 4.69) is 0 Å². The van der Waals surface area contributed by atoms with E-state index in [4.69, 9.17) is 14.2 Å². The highest BCUT2D eigenvalue weighted by molar-refractivity contribution is 5.75. The fraction of sp³-hybridized carbons (Fsp3) is 0.600. The number of rotatable bonds is 4. The maximum absolute atomic E-state index is 12.2. The first-order valence-electron chi connectivity index (χ1n) is 9.07. The minimum absolute atomic E-state index is 0. The number of benzene rings is 1. The van der Waals surface area contributed by atoms with Crippen LogP contribution in [0.15, 0.2) is 30.3 Å². The normalized spacial score (nSPS) is 29.4. The number of carbonyl (C=O) groups excluding carboxylic acids is 2. The quantitative estimate of drug-likeness (QED) is 0.674. The van der Waals surface area contributed by atoms with Crippen LogP contribution >= 0.6 is 0 Å². The monoisotopic (exact) mass is 381 g/mol. The van der Waals surface area contributed by atoms with Gasteiger partial charge in [0, 0.05) is 5.92 Å². The lowest BCUT2D eigenvalue weighted by Gasteiger charge is -2.30. The standard InChI is InChI=1S/C20H26O5.ClH/c1-13-11-23-12-17(10-15-6-4-3-5-7-15)18(14(2)24-19(13)21)25-20(22)16-8-9-16;/h3-7,13-14,16-18H,8-12H2,1-2H3;1H/p-1/t13-,14-,17-,18-;/m0./s1. The smallest absolute Gasteiger partial charge is 0.311 e. The van der Waals surface area contributed by atoms with E-state index in [0.29, 0.717) is 19.6 Å². The van der Waals surface area contributed by atoms with Crippen molar-refractivity contribution < 1.29 is 36.2 Å². The number of hydrogen-bond acceptors (Lipinski definition) is 5. The van der Waals surface area contributed by atoms with Gasteiger partial charge in [-0.25, -0.2) is 0 Å². The Kier molecular flexibility index (Phi) is 7.47. The van der Waals surface area contributed by atoms with Crippen molar-refractivity contribution in [2.75, 3.05) is 13.2 Å².